The van der Waals surface area contributed by atoms with Gasteiger partial charge in [-0.05, 0) is 43.3 Å². The molecule has 0 spiro atoms. The van der Waals surface area contributed by atoms with Crippen LogP contribution in [0.1, 0.15) is 51.0 Å². The van der Waals surface area contributed by atoms with Crippen molar-refractivity contribution in [2.24, 2.45) is 5.92 Å². The van der Waals surface area contributed by atoms with Gasteiger partial charge in [0.25, 0.3) is 0 Å². The van der Waals surface area contributed by atoms with Crippen LogP contribution in [0.2, 0.25) is 0 Å². The highest BCUT2D eigenvalue weighted by atomic mass is 32.2. The van der Waals surface area contributed by atoms with Crippen molar-refractivity contribution in [1.29, 1.82) is 0 Å². The molecule has 132 valence electrons. The second kappa shape index (κ2) is 7.52. The molecule has 1 aliphatic heterocycles. The third-order valence-electron chi connectivity index (χ3n) is 4.65. The summed E-state index contributed by atoms with van der Waals surface area (Å²) in [5, 5.41) is 3.35. The van der Waals surface area contributed by atoms with Crippen LogP contribution in [0.4, 0.5) is 0 Å². The first-order valence-corrected chi connectivity index (χ1v) is 11.6. The number of rotatable bonds is 6. The summed E-state index contributed by atoms with van der Waals surface area (Å²) in [6, 6.07) is 0. The predicted octanol–water partition coefficient (Wildman–Crippen LogP) is 5.79. The fourth-order valence-electron chi connectivity index (χ4n) is 2.83. The van der Waals surface area contributed by atoms with E-state index in [2.05, 4.69) is 34.0 Å². The highest BCUT2D eigenvalue weighted by molar-refractivity contribution is 7.99. The minimum atomic E-state index is -0.0565. The minimum absolute atomic E-state index is 0.0565. The van der Waals surface area contributed by atoms with E-state index in [9.17, 15) is 0 Å². The SMILES string of the molecule is CC[C@]1(C)Cc2c(sc3nc(SC)nc(SCCC(C)C)c23)CO1. The van der Waals surface area contributed by atoms with Gasteiger partial charge in [-0.1, -0.05) is 32.5 Å². The average molecular weight is 383 g/mol. The van der Waals surface area contributed by atoms with E-state index in [0.29, 0.717) is 6.61 Å². The van der Waals surface area contributed by atoms with Gasteiger partial charge in [-0.15, -0.1) is 23.1 Å². The molecule has 0 amide bonds. The Bertz CT molecular complexity index is 729. The van der Waals surface area contributed by atoms with E-state index in [1.165, 1.54) is 27.3 Å². The predicted molar refractivity (Wildman–Crippen MR) is 107 cm³/mol. The summed E-state index contributed by atoms with van der Waals surface area (Å²) in [4.78, 5) is 12.1. The molecule has 0 aliphatic carbocycles. The Hall–Kier alpha value is -0.300. The lowest BCUT2D eigenvalue weighted by Gasteiger charge is -2.33. The van der Waals surface area contributed by atoms with Gasteiger partial charge in [-0.3, -0.25) is 0 Å². The maximum atomic E-state index is 6.13. The summed E-state index contributed by atoms with van der Waals surface area (Å²) in [5.41, 5.74) is 1.38. The molecule has 0 N–H and O–H groups in total. The number of nitrogens with zero attached hydrogens (tertiary/aromatic N) is 2. The first-order valence-electron chi connectivity index (χ1n) is 8.58. The number of hydrogen-bond donors (Lipinski definition) is 0. The van der Waals surface area contributed by atoms with Gasteiger partial charge in [-0.25, -0.2) is 9.97 Å². The Balaban J connectivity index is 2.03. The fraction of sp³-hybridized carbons (Fsp3) is 0.667. The van der Waals surface area contributed by atoms with Gasteiger partial charge in [0.05, 0.1) is 12.2 Å². The third-order valence-corrected chi connectivity index (χ3v) is 7.30. The lowest BCUT2D eigenvalue weighted by molar-refractivity contribution is -0.0543. The maximum absolute atomic E-state index is 6.13. The standard InChI is InChI=1S/C18H26N2OS3/c1-6-18(4)9-12-13(10-21-18)24-16-14(12)15(19-17(20-16)22-5)23-8-7-11(2)3/h11H,6-10H2,1-5H3/t18-/m1/s1. The summed E-state index contributed by atoms with van der Waals surface area (Å²) >= 11 is 5.31. The maximum Gasteiger partial charge on any atom is 0.189 e. The van der Waals surface area contributed by atoms with Crippen molar-refractivity contribution >= 4 is 45.1 Å². The van der Waals surface area contributed by atoms with Gasteiger partial charge < -0.3 is 4.74 Å². The topological polar surface area (TPSA) is 35.0 Å². The van der Waals surface area contributed by atoms with Gasteiger partial charge in [-0.2, -0.15) is 0 Å². The molecule has 0 unspecified atom stereocenters. The van der Waals surface area contributed by atoms with Crippen molar-refractivity contribution in [3.63, 3.8) is 0 Å². The molecule has 0 fully saturated rings. The van der Waals surface area contributed by atoms with Crippen LogP contribution in [0.3, 0.4) is 0 Å². The van der Waals surface area contributed by atoms with E-state index in [1.807, 2.05) is 11.8 Å². The molecule has 3 nitrogen and oxygen atoms in total. The Morgan fingerprint density at radius 3 is 2.79 bits per heavy atom. The van der Waals surface area contributed by atoms with E-state index >= 15 is 0 Å². The van der Waals surface area contributed by atoms with E-state index in [-0.39, 0.29) is 5.60 Å². The molecule has 6 heteroatoms. The van der Waals surface area contributed by atoms with E-state index in [4.69, 9.17) is 14.7 Å². The second-order valence-corrected chi connectivity index (χ2v) is 9.94. The van der Waals surface area contributed by atoms with Gasteiger partial charge in [0.1, 0.15) is 9.86 Å². The Morgan fingerprint density at radius 1 is 1.33 bits per heavy atom. The third kappa shape index (κ3) is 3.76. The van der Waals surface area contributed by atoms with Crippen LogP contribution in [0, 0.1) is 5.92 Å². The van der Waals surface area contributed by atoms with E-state index < -0.39 is 0 Å². The summed E-state index contributed by atoms with van der Waals surface area (Å²) in [7, 11) is 0. The summed E-state index contributed by atoms with van der Waals surface area (Å²) < 4.78 is 6.13. The zero-order valence-electron chi connectivity index (χ0n) is 15.1. The number of hydrogen-bond acceptors (Lipinski definition) is 6. The normalized spacial score (nSPS) is 20.8. The quantitative estimate of drug-likeness (QED) is 0.359. The number of fused-ring (bicyclic) bond motifs is 3. The van der Waals surface area contributed by atoms with Crippen molar-refractivity contribution in [2.45, 2.75) is 69.3 Å². The molecule has 0 saturated heterocycles. The average Bonchev–Trinajstić information content (AvgIpc) is 2.91. The Morgan fingerprint density at radius 2 is 2.12 bits per heavy atom. The lowest BCUT2D eigenvalue weighted by atomic mass is 9.90. The van der Waals surface area contributed by atoms with Gasteiger partial charge in [0.2, 0.25) is 0 Å². The zero-order valence-corrected chi connectivity index (χ0v) is 17.6. The van der Waals surface area contributed by atoms with Crippen LogP contribution in [0.5, 0.6) is 0 Å². The zero-order chi connectivity index (χ0) is 17.3. The Labute approximate surface area is 157 Å². The molecule has 0 radical (unpaired) electrons. The lowest BCUT2D eigenvalue weighted by Crippen LogP contribution is -2.33. The van der Waals surface area contributed by atoms with Crippen LogP contribution >= 0.6 is 34.9 Å². The molecule has 1 atom stereocenters. The molecule has 3 rings (SSSR count). The molecular formula is C18H26N2OS3. The monoisotopic (exact) mass is 382 g/mol. The number of thioether (sulfide) groups is 2. The highest BCUT2D eigenvalue weighted by Crippen LogP contribution is 2.43. The summed E-state index contributed by atoms with van der Waals surface area (Å²) in [6.07, 6.45) is 5.27. The summed E-state index contributed by atoms with van der Waals surface area (Å²) in [5.74, 6) is 1.84. The van der Waals surface area contributed by atoms with E-state index in [0.717, 1.165) is 34.5 Å². The molecule has 0 aromatic carbocycles. The van der Waals surface area contributed by atoms with Crippen molar-refractivity contribution in [3.8, 4) is 0 Å². The van der Waals surface area contributed by atoms with Crippen molar-refractivity contribution in [2.75, 3.05) is 12.0 Å². The van der Waals surface area contributed by atoms with Crippen molar-refractivity contribution in [3.05, 3.63) is 10.4 Å². The van der Waals surface area contributed by atoms with Crippen molar-refractivity contribution in [1.82, 2.24) is 9.97 Å². The van der Waals surface area contributed by atoms with Gasteiger partial charge >= 0.3 is 0 Å². The molecule has 24 heavy (non-hydrogen) atoms. The highest BCUT2D eigenvalue weighted by Gasteiger charge is 2.33. The van der Waals surface area contributed by atoms with E-state index in [1.54, 1.807) is 23.1 Å². The second-order valence-electron chi connectivity index (χ2n) is 7.00. The van der Waals surface area contributed by atoms with Crippen LogP contribution in [0.25, 0.3) is 10.2 Å². The van der Waals surface area contributed by atoms with Crippen LogP contribution in [0.15, 0.2) is 10.2 Å². The molecule has 3 heterocycles. The Kier molecular flexibility index (Phi) is 5.79. The van der Waals surface area contributed by atoms with Crippen LogP contribution in [-0.2, 0) is 17.8 Å². The number of aromatic nitrogens is 2. The molecule has 0 saturated carbocycles. The van der Waals surface area contributed by atoms with Crippen LogP contribution < -0.4 is 0 Å². The molecule has 2 aromatic heterocycles. The van der Waals surface area contributed by atoms with Crippen LogP contribution in [-0.4, -0.2) is 27.6 Å². The molecule has 2 aromatic rings. The minimum Gasteiger partial charge on any atom is -0.369 e. The molecule has 1 aliphatic rings. The largest absolute Gasteiger partial charge is 0.369 e. The fourth-order valence-corrected chi connectivity index (χ4v) is 5.78. The number of thiophene rings is 1. The first-order chi connectivity index (χ1) is 11.5. The van der Waals surface area contributed by atoms with Crippen molar-refractivity contribution < 1.29 is 4.74 Å². The smallest absolute Gasteiger partial charge is 0.189 e. The number of ether oxygens (including phenoxy) is 1. The van der Waals surface area contributed by atoms with Gasteiger partial charge in [0, 0.05) is 16.7 Å². The molecular weight excluding hydrogens is 356 g/mol. The van der Waals surface area contributed by atoms with Gasteiger partial charge in [0.15, 0.2) is 5.16 Å². The first kappa shape index (κ1) is 18.5. The summed E-state index contributed by atoms with van der Waals surface area (Å²) in [6.45, 7) is 9.70. The molecule has 0 bridgehead atoms.